The monoisotopic (exact) mass is 425 g/mol. The molecule has 0 bridgehead atoms. The SMILES string of the molecule is Cc1cc2c(cc1Cc1ccc(C(=O)NC(CO)CC(C)C)o1)C(C)(C)CCC2(C)C. The number of carbonyl (C=O) groups excluding carboxylic acids is 1. The lowest BCUT2D eigenvalue weighted by Crippen LogP contribution is -2.38. The highest BCUT2D eigenvalue weighted by Crippen LogP contribution is 2.46. The van der Waals surface area contributed by atoms with Gasteiger partial charge >= 0.3 is 0 Å². The van der Waals surface area contributed by atoms with Crippen LogP contribution in [0.5, 0.6) is 0 Å². The van der Waals surface area contributed by atoms with Gasteiger partial charge in [-0.1, -0.05) is 53.7 Å². The van der Waals surface area contributed by atoms with Crippen molar-refractivity contribution in [1.82, 2.24) is 5.32 Å². The lowest BCUT2D eigenvalue weighted by molar-refractivity contribution is 0.0878. The van der Waals surface area contributed by atoms with Gasteiger partial charge in [-0.15, -0.1) is 0 Å². The first-order valence-electron chi connectivity index (χ1n) is 11.6. The minimum atomic E-state index is -0.268. The fourth-order valence-electron chi connectivity index (χ4n) is 4.74. The average Bonchev–Trinajstić information content (AvgIpc) is 3.14. The molecular formula is C27H39NO3. The fraction of sp³-hybridized carbons (Fsp3) is 0.593. The van der Waals surface area contributed by atoms with Crippen LogP contribution >= 0.6 is 0 Å². The molecule has 0 radical (unpaired) electrons. The van der Waals surface area contributed by atoms with Gasteiger partial charge in [-0.3, -0.25) is 4.79 Å². The molecule has 0 aliphatic heterocycles. The van der Waals surface area contributed by atoms with Crippen molar-refractivity contribution in [2.24, 2.45) is 5.92 Å². The van der Waals surface area contributed by atoms with E-state index in [1.165, 1.54) is 35.1 Å². The Balaban J connectivity index is 1.80. The summed E-state index contributed by atoms with van der Waals surface area (Å²) in [5, 5.41) is 12.4. The number of rotatable bonds is 7. The summed E-state index contributed by atoms with van der Waals surface area (Å²) in [6.07, 6.45) is 3.78. The Morgan fingerprint density at radius 1 is 1.10 bits per heavy atom. The molecule has 1 atom stereocenters. The number of amides is 1. The highest BCUT2D eigenvalue weighted by atomic mass is 16.3. The quantitative estimate of drug-likeness (QED) is 0.601. The number of fused-ring (bicyclic) bond motifs is 1. The number of carbonyl (C=O) groups is 1. The van der Waals surface area contributed by atoms with Crippen molar-refractivity contribution in [1.29, 1.82) is 0 Å². The van der Waals surface area contributed by atoms with Gasteiger partial charge in [0.2, 0.25) is 0 Å². The Hall–Kier alpha value is -2.07. The molecule has 1 heterocycles. The highest BCUT2D eigenvalue weighted by molar-refractivity contribution is 5.91. The van der Waals surface area contributed by atoms with E-state index in [9.17, 15) is 9.90 Å². The molecular weight excluding hydrogens is 386 g/mol. The van der Waals surface area contributed by atoms with E-state index in [1.54, 1.807) is 6.07 Å². The molecule has 0 saturated heterocycles. The number of nitrogens with one attached hydrogen (secondary N) is 1. The van der Waals surface area contributed by atoms with Crippen LogP contribution in [0.3, 0.4) is 0 Å². The van der Waals surface area contributed by atoms with Gasteiger partial charge in [0, 0.05) is 6.42 Å². The molecule has 1 unspecified atom stereocenters. The lowest BCUT2D eigenvalue weighted by atomic mass is 9.62. The number of benzene rings is 1. The first kappa shape index (κ1) is 23.6. The molecule has 0 spiro atoms. The molecule has 2 N–H and O–H groups in total. The van der Waals surface area contributed by atoms with Crippen molar-refractivity contribution < 1.29 is 14.3 Å². The van der Waals surface area contributed by atoms with E-state index in [2.05, 4.69) is 65.9 Å². The average molecular weight is 426 g/mol. The summed E-state index contributed by atoms with van der Waals surface area (Å²) in [5.41, 5.74) is 5.78. The third kappa shape index (κ3) is 5.23. The zero-order valence-corrected chi connectivity index (χ0v) is 20.3. The maximum absolute atomic E-state index is 12.6. The Morgan fingerprint density at radius 2 is 1.71 bits per heavy atom. The molecule has 4 nitrogen and oxygen atoms in total. The van der Waals surface area contributed by atoms with Gasteiger partial charge in [0.15, 0.2) is 5.76 Å². The summed E-state index contributed by atoms with van der Waals surface area (Å²) in [6.45, 7) is 15.6. The van der Waals surface area contributed by atoms with Gasteiger partial charge in [0.1, 0.15) is 5.76 Å². The first-order chi connectivity index (χ1) is 14.4. The Bertz CT molecular complexity index is 936. The molecule has 1 aromatic heterocycles. The van der Waals surface area contributed by atoms with E-state index in [-0.39, 0.29) is 29.4 Å². The minimum absolute atomic E-state index is 0.0715. The van der Waals surface area contributed by atoms with Crippen LogP contribution in [0.15, 0.2) is 28.7 Å². The van der Waals surface area contributed by atoms with Gasteiger partial charge in [0.05, 0.1) is 12.6 Å². The zero-order chi connectivity index (χ0) is 23.0. The summed E-state index contributed by atoms with van der Waals surface area (Å²) in [7, 11) is 0. The van der Waals surface area contributed by atoms with Gasteiger partial charge in [-0.05, 0) is 77.3 Å². The van der Waals surface area contributed by atoms with E-state index >= 15 is 0 Å². The van der Waals surface area contributed by atoms with E-state index in [0.717, 1.165) is 12.2 Å². The molecule has 31 heavy (non-hydrogen) atoms. The normalized spacial score (nSPS) is 18.0. The maximum Gasteiger partial charge on any atom is 0.287 e. The molecule has 0 fully saturated rings. The number of aliphatic hydroxyl groups is 1. The van der Waals surface area contributed by atoms with Crippen LogP contribution in [0.4, 0.5) is 0 Å². The van der Waals surface area contributed by atoms with Crippen LogP contribution in [0.2, 0.25) is 0 Å². The number of hydrogen-bond donors (Lipinski definition) is 2. The van der Waals surface area contributed by atoms with E-state index < -0.39 is 0 Å². The van der Waals surface area contributed by atoms with Crippen LogP contribution in [0, 0.1) is 12.8 Å². The predicted molar refractivity (Wildman–Crippen MR) is 126 cm³/mol. The van der Waals surface area contributed by atoms with Crippen molar-refractivity contribution in [3.8, 4) is 0 Å². The fourth-order valence-corrected chi connectivity index (χ4v) is 4.74. The summed E-state index contributed by atoms with van der Waals surface area (Å²) < 4.78 is 5.90. The van der Waals surface area contributed by atoms with Crippen LogP contribution < -0.4 is 5.32 Å². The summed E-state index contributed by atoms with van der Waals surface area (Å²) in [6, 6.07) is 8.08. The van der Waals surface area contributed by atoms with Crippen molar-refractivity contribution in [2.45, 2.75) is 91.0 Å². The number of hydrogen-bond acceptors (Lipinski definition) is 3. The minimum Gasteiger partial charge on any atom is -0.456 e. The van der Waals surface area contributed by atoms with Gasteiger partial charge < -0.3 is 14.8 Å². The Labute approximate surface area is 187 Å². The molecule has 3 rings (SSSR count). The zero-order valence-electron chi connectivity index (χ0n) is 20.3. The summed E-state index contributed by atoms with van der Waals surface area (Å²) in [5.74, 6) is 1.21. The topological polar surface area (TPSA) is 62.5 Å². The number of furan rings is 1. The van der Waals surface area contributed by atoms with Crippen molar-refractivity contribution in [3.63, 3.8) is 0 Å². The number of aryl methyl sites for hydroxylation is 1. The molecule has 1 aliphatic carbocycles. The van der Waals surface area contributed by atoms with Crippen molar-refractivity contribution in [3.05, 3.63) is 58.0 Å². The third-order valence-electron chi connectivity index (χ3n) is 6.87. The molecule has 1 amide bonds. The third-order valence-corrected chi connectivity index (χ3v) is 6.87. The molecule has 1 aromatic carbocycles. The molecule has 2 aromatic rings. The molecule has 0 saturated carbocycles. The van der Waals surface area contributed by atoms with Crippen molar-refractivity contribution in [2.75, 3.05) is 6.61 Å². The van der Waals surface area contributed by atoms with Crippen LogP contribution in [-0.4, -0.2) is 23.7 Å². The number of aliphatic hydroxyl groups excluding tert-OH is 1. The van der Waals surface area contributed by atoms with E-state index in [4.69, 9.17) is 4.42 Å². The maximum atomic E-state index is 12.6. The molecule has 170 valence electrons. The van der Waals surface area contributed by atoms with E-state index in [1.807, 2.05) is 6.07 Å². The van der Waals surface area contributed by atoms with Gasteiger partial charge in [-0.2, -0.15) is 0 Å². The van der Waals surface area contributed by atoms with E-state index in [0.29, 0.717) is 18.1 Å². The summed E-state index contributed by atoms with van der Waals surface area (Å²) >= 11 is 0. The smallest absolute Gasteiger partial charge is 0.287 e. The second-order valence-electron chi connectivity index (χ2n) is 11.0. The predicted octanol–water partition coefficient (Wildman–Crippen LogP) is 5.66. The van der Waals surface area contributed by atoms with Crippen LogP contribution in [-0.2, 0) is 17.3 Å². The molecule has 1 aliphatic rings. The first-order valence-corrected chi connectivity index (χ1v) is 11.6. The van der Waals surface area contributed by atoms with Crippen molar-refractivity contribution >= 4 is 5.91 Å². The second kappa shape index (κ2) is 8.82. The lowest BCUT2D eigenvalue weighted by Gasteiger charge is -2.42. The largest absolute Gasteiger partial charge is 0.456 e. The van der Waals surface area contributed by atoms with Crippen LogP contribution in [0.25, 0.3) is 0 Å². The molecule has 4 heteroatoms. The Kier molecular flexibility index (Phi) is 6.71. The van der Waals surface area contributed by atoms with Crippen LogP contribution in [0.1, 0.15) is 99.4 Å². The highest BCUT2D eigenvalue weighted by Gasteiger charge is 2.37. The standard InChI is InChI=1S/C27H39NO3/c1-17(2)12-20(16-29)28-25(30)24-9-8-21(31-24)14-19-15-23-22(13-18(19)3)26(4,5)10-11-27(23,6)7/h8-9,13,15,17,20,29H,10-12,14,16H2,1-7H3,(H,28,30). The second-order valence-corrected chi connectivity index (χ2v) is 11.0. The summed E-state index contributed by atoms with van der Waals surface area (Å²) in [4.78, 5) is 12.6. The van der Waals surface area contributed by atoms with Gasteiger partial charge in [0.25, 0.3) is 5.91 Å². The Morgan fingerprint density at radius 3 is 2.29 bits per heavy atom. The van der Waals surface area contributed by atoms with Gasteiger partial charge in [-0.25, -0.2) is 0 Å².